The summed E-state index contributed by atoms with van der Waals surface area (Å²) in [6, 6.07) is 0. The van der Waals surface area contributed by atoms with Crippen LogP contribution in [-0.2, 0) is 4.74 Å². The second kappa shape index (κ2) is 3.65. The van der Waals surface area contributed by atoms with E-state index in [9.17, 15) is 0 Å². The minimum atomic E-state index is -0.0732. The average Bonchev–Trinajstić information content (AvgIpc) is 2.31. The van der Waals surface area contributed by atoms with Crippen LogP contribution in [0, 0.1) is 0 Å². The van der Waals surface area contributed by atoms with E-state index in [1.807, 2.05) is 0 Å². The van der Waals surface area contributed by atoms with Gasteiger partial charge < -0.3 is 4.74 Å². The van der Waals surface area contributed by atoms with Crippen LogP contribution in [0.4, 0.5) is 0 Å². The van der Waals surface area contributed by atoms with Gasteiger partial charge in [-0.2, -0.15) is 0 Å². The van der Waals surface area contributed by atoms with Crippen LogP contribution in [0.5, 0.6) is 0 Å². The number of hydrogen-bond acceptors (Lipinski definition) is 2. The van der Waals surface area contributed by atoms with Crippen LogP contribution in [-0.4, -0.2) is 23.4 Å². The van der Waals surface area contributed by atoms with E-state index in [0.717, 1.165) is 18.7 Å². The van der Waals surface area contributed by atoms with Gasteiger partial charge in [-0.1, -0.05) is 13.3 Å². The third-order valence-electron chi connectivity index (χ3n) is 1.80. The molecule has 3 heteroatoms. The van der Waals surface area contributed by atoms with Crippen molar-refractivity contribution in [1.29, 1.82) is 0 Å². The van der Waals surface area contributed by atoms with Crippen molar-refractivity contribution in [2.45, 2.75) is 44.5 Å². The fraction of sp³-hybridized carbons (Fsp3) is 0.889. The maximum Gasteiger partial charge on any atom is 0.202 e. The molecule has 12 heavy (non-hydrogen) atoms. The fourth-order valence-corrected chi connectivity index (χ4v) is 1.48. The van der Waals surface area contributed by atoms with Crippen molar-refractivity contribution in [3.05, 3.63) is 0 Å². The van der Waals surface area contributed by atoms with Gasteiger partial charge in [-0.25, -0.2) is 4.99 Å². The van der Waals surface area contributed by atoms with Crippen molar-refractivity contribution < 1.29 is 4.74 Å². The monoisotopic (exact) mass is 189 g/mol. The normalized spacial score (nSPS) is 23.2. The Morgan fingerprint density at radius 3 is 2.75 bits per heavy atom. The van der Waals surface area contributed by atoms with Gasteiger partial charge in [0.2, 0.25) is 5.90 Å². The summed E-state index contributed by atoms with van der Waals surface area (Å²) < 4.78 is 5.40. The van der Waals surface area contributed by atoms with Crippen LogP contribution in [0.25, 0.3) is 0 Å². The molecular formula is C9H16ClNO. The summed E-state index contributed by atoms with van der Waals surface area (Å²) in [5.41, 5.74) is -0.0732. The highest BCUT2D eigenvalue weighted by Crippen LogP contribution is 2.21. The SMILES string of the molecule is CCCC(Cl)C1=NC(C)(C)CO1. The van der Waals surface area contributed by atoms with Crippen LogP contribution < -0.4 is 0 Å². The van der Waals surface area contributed by atoms with E-state index in [1.54, 1.807) is 0 Å². The lowest BCUT2D eigenvalue weighted by molar-refractivity contribution is 0.273. The first-order valence-corrected chi connectivity index (χ1v) is 4.85. The number of aliphatic imine (C=N–C) groups is 1. The lowest BCUT2D eigenvalue weighted by Gasteiger charge is -2.07. The van der Waals surface area contributed by atoms with E-state index in [2.05, 4.69) is 25.8 Å². The van der Waals surface area contributed by atoms with Gasteiger partial charge in [-0.3, -0.25) is 0 Å². The maximum absolute atomic E-state index is 6.06. The summed E-state index contributed by atoms with van der Waals surface area (Å²) >= 11 is 6.06. The van der Waals surface area contributed by atoms with Gasteiger partial charge in [0.25, 0.3) is 0 Å². The summed E-state index contributed by atoms with van der Waals surface area (Å²) in [4.78, 5) is 4.40. The molecule has 1 atom stereocenters. The van der Waals surface area contributed by atoms with Crippen LogP contribution in [0.2, 0.25) is 0 Å². The zero-order chi connectivity index (χ0) is 9.19. The van der Waals surface area contributed by atoms with Crippen LogP contribution in [0.15, 0.2) is 4.99 Å². The first-order valence-electron chi connectivity index (χ1n) is 4.42. The molecule has 0 amide bonds. The number of nitrogens with zero attached hydrogens (tertiary/aromatic N) is 1. The van der Waals surface area contributed by atoms with Gasteiger partial charge in [-0.15, -0.1) is 11.6 Å². The maximum atomic E-state index is 6.06. The zero-order valence-corrected chi connectivity index (χ0v) is 8.69. The number of hydrogen-bond donors (Lipinski definition) is 0. The molecule has 70 valence electrons. The highest BCUT2D eigenvalue weighted by Gasteiger charge is 2.29. The first kappa shape index (κ1) is 9.85. The molecule has 1 heterocycles. The van der Waals surface area contributed by atoms with Crippen molar-refractivity contribution in [2.75, 3.05) is 6.61 Å². The summed E-state index contributed by atoms with van der Waals surface area (Å²) in [5.74, 6) is 0.725. The van der Waals surface area contributed by atoms with Gasteiger partial charge in [0, 0.05) is 0 Å². The van der Waals surface area contributed by atoms with Gasteiger partial charge in [-0.05, 0) is 20.3 Å². The molecule has 1 aliphatic rings. The molecule has 0 aromatic heterocycles. The second-order valence-electron chi connectivity index (χ2n) is 3.81. The molecule has 0 saturated heterocycles. The van der Waals surface area contributed by atoms with E-state index in [0.29, 0.717) is 6.61 Å². The second-order valence-corrected chi connectivity index (χ2v) is 4.33. The van der Waals surface area contributed by atoms with Crippen molar-refractivity contribution >= 4 is 17.5 Å². The molecule has 2 nitrogen and oxygen atoms in total. The Kier molecular flexibility index (Phi) is 2.99. The van der Waals surface area contributed by atoms with Gasteiger partial charge in [0.15, 0.2) is 0 Å². The number of halogens is 1. The quantitative estimate of drug-likeness (QED) is 0.626. The summed E-state index contributed by atoms with van der Waals surface area (Å²) in [6.07, 6.45) is 2.01. The fourth-order valence-electron chi connectivity index (χ4n) is 1.15. The number of ether oxygens (including phenoxy) is 1. The first-order chi connectivity index (χ1) is 5.55. The summed E-state index contributed by atoms with van der Waals surface area (Å²) in [7, 11) is 0. The Morgan fingerprint density at radius 2 is 2.33 bits per heavy atom. The summed E-state index contributed by atoms with van der Waals surface area (Å²) in [6.45, 7) is 6.87. The molecule has 0 spiro atoms. The summed E-state index contributed by atoms with van der Waals surface area (Å²) in [5, 5.41) is -0.0308. The Morgan fingerprint density at radius 1 is 1.67 bits per heavy atom. The smallest absolute Gasteiger partial charge is 0.202 e. The minimum absolute atomic E-state index is 0.0308. The standard InChI is InChI=1S/C9H16ClNO/c1-4-5-7(10)8-11-9(2,3)6-12-8/h7H,4-6H2,1-3H3. The molecule has 0 aromatic rings. The molecule has 0 N–H and O–H groups in total. The van der Waals surface area contributed by atoms with E-state index in [1.165, 1.54) is 0 Å². The van der Waals surface area contributed by atoms with Crippen molar-refractivity contribution in [2.24, 2.45) is 4.99 Å². The third-order valence-corrected chi connectivity index (χ3v) is 2.20. The lowest BCUT2D eigenvalue weighted by atomic mass is 10.1. The Hall–Kier alpha value is -0.240. The van der Waals surface area contributed by atoms with Crippen molar-refractivity contribution in [3.63, 3.8) is 0 Å². The molecule has 0 radical (unpaired) electrons. The predicted molar refractivity (Wildman–Crippen MR) is 52.0 cm³/mol. The molecular weight excluding hydrogens is 174 g/mol. The van der Waals surface area contributed by atoms with E-state index >= 15 is 0 Å². The van der Waals surface area contributed by atoms with Crippen molar-refractivity contribution in [1.82, 2.24) is 0 Å². The lowest BCUT2D eigenvalue weighted by Crippen LogP contribution is -2.17. The average molecular weight is 190 g/mol. The van der Waals surface area contributed by atoms with Crippen LogP contribution in [0.1, 0.15) is 33.6 Å². The highest BCUT2D eigenvalue weighted by molar-refractivity contribution is 6.30. The molecule has 0 saturated carbocycles. The van der Waals surface area contributed by atoms with E-state index in [-0.39, 0.29) is 10.9 Å². The Bertz CT molecular complexity index is 189. The zero-order valence-electron chi connectivity index (χ0n) is 7.93. The van der Waals surface area contributed by atoms with Gasteiger partial charge >= 0.3 is 0 Å². The van der Waals surface area contributed by atoms with Crippen LogP contribution >= 0.6 is 11.6 Å². The Labute approximate surface area is 79.0 Å². The minimum Gasteiger partial charge on any atom is -0.477 e. The third kappa shape index (κ3) is 2.37. The topological polar surface area (TPSA) is 21.6 Å². The van der Waals surface area contributed by atoms with E-state index < -0.39 is 0 Å². The predicted octanol–water partition coefficient (Wildman–Crippen LogP) is 2.60. The number of alkyl halides is 1. The molecule has 0 bridgehead atoms. The molecule has 0 fully saturated rings. The molecule has 1 aliphatic heterocycles. The number of rotatable bonds is 3. The van der Waals surface area contributed by atoms with E-state index in [4.69, 9.17) is 16.3 Å². The highest BCUT2D eigenvalue weighted by atomic mass is 35.5. The Balaban J connectivity index is 2.54. The van der Waals surface area contributed by atoms with Gasteiger partial charge in [0.05, 0.1) is 5.54 Å². The molecule has 0 aliphatic carbocycles. The molecule has 1 rings (SSSR count). The van der Waals surface area contributed by atoms with Crippen LogP contribution in [0.3, 0.4) is 0 Å². The molecule has 0 aromatic carbocycles. The molecule has 1 unspecified atom stereocenters. The van der Waals surface area contributed by atoms with Gasteiger partial charge in [0.1, 0.15) is 12.0 Å². The largest absolute Gasteiger partial charge is 0.477 e. The van der Waals surface area contributed by atoms with Crippen molar-refractivity contribution in [3.8, 4) is 0 Å².